The van der Waals surface area contributed by atoms with Gasteiger partial charge in [-0.1, -0.05) is 59.6 Å². The summed E-state index contributed by atoms with van der Waals surface area (Å²) in [4.78, 5) is 28.9. The molecule has 0 bridgehead atoms. The molecular formula is C29H31ClFN3O4. The summed E-state index contributed by atoms with van der Waals surface area (Å²) in [5.41, 5.74) is 5.09. The third-order valence-electron chi connectivity index (χ3n) is 8.16. The first-order valence-electron chi connectivity index (χ1n) is 13.0. The fourth-order valence-electron chi connectivity index (χ4n) is 6.06. The lowest BCUT2D eigenvalue weighted by atomic mass is 9.69. The van der Waals surface area contributed by atoms with E-state index in [9.17, 15) is 14.0 Å². The van der Waals surface area contributed by atoms with Crippen molar-refractivity contribution < 1.29 is 23.2 Å². The van der Waals surface area contributed by atoms with E-state index in [1.54, 1.807) is 0 Å². The number of benzene rings is 2. The molecule has 2 heterocycles. The minimum Gasteiger partial charge on any atom is -0.445 e. The van der Waals surface area contributed by atoms with Gasteiger partial charge in [0.15, 0.2) is 5.60 Å². The van der Waals surface area contributed by atoms with Gasteiger partial charge in [-0.15, -0.1) is 0 Å². The van der Waals surface area contributed by atoms with Gasteiger partial charge in [-0.05, 0) is 76.2 Å². The normalized spacial score (nSPS) is 24.2. The third-order valence-corrected chi connectivity index (χ3v) is 8.48. The van der Waals surface area contributed by atoms with Crippen LogP contribution in [0, 0.1) is 12.7 Å². The number of piperidine rings is 1. The number of aromatic nitrogens is 1. The lowest BCUT2D eigenvalue weighted by Crippen LogP contribution is -2.57. The van der Waals surface area contributed by atoms with Crippen molar-refractivity contribution in [3.05, 3.63) is 76.3 Å². The monoisotopic (exact) mass is 539 g/mol. The second kappa shape index (κ2) is 10.5. The highest BCUT2D eigenvalue weighted by molar-refractivity contribution is 6.33. The number of ether oxygens (including phenoxy) is 1. The van der Waals surface area contributed by atoms with Gasteiger partial charge >= 0.3 is 5.97 Å². The fourth-order valence-corrected chi connectivity index (χ4v) is 6.31. The van der Waals surface area contributed by atoms with Crippen molar-refractivity contribution in [2.45, 2.75) is 63.0 Å². The molecule has 1 saturated heterocycles. The Balaban J connectivity index is 1.45. The number of halogens is 2. The molecule has 1 aliphatic carbocycles. The molecule has 0 atom stereocenters. The van der Waals surface area contributed by atoms with Crippen molar-refractivity contribution >= 4 is 23.5 Å². The summed E-state index contributed by atoms with van der Waals surface area (Å²) < 4.78 is 25.8. The molecule has 9 heteroatoms. The van der Waals surface area contributed by atoms with E-state index in [1.807, 2.05) is 18.2 Å². The van der Waals surface area contributed by atoms with Crippen LogP contribution in [0.1, 0.15) is 66.6 Å². The van der Waals surface area contributed by atoms with E-state index in [1.165, 1.54) is 37.1 Å². The average molecular weight is 540 g/mol. The van der Waals surface area contributed by atoms with E-state index >= 15 is 0 Å². The van der Waals surface area contributed by atoms with Crippen LogP contribution in [0.25, 0.3) is 11.3 Å². The van der Waals surface area contributed by atoms with Gasteiger partial charge in [0.05, 0.1) is 10.6 Å². The molecule has 1 aliphatic heterocycles. The predicted molar refractivity (Wildman–Crippen MR) is 141 cm³/mol. The molecular weight excluding hydrogens is 509 g/mol. The third kappa shape index (κ3) is 4.60. The molecule has 3 aromatic rings. The highest BCUT2D eigenvalue weighted by atomic mass is 35.5. The average Bonchev–Trinajstić information content (AvgIpc) is 3.31. The van der Waals surface area contributed by atoms with E-state index in [4.69, 9.17) is 26.6 Å². The highest BCUT2D eigenvalue weighted by Crippen LogP contribution is 2.48. The minimum atomic E-state index is -1.51. The number of nitrogens with zero attached hydrogens (tertiary/aromatic N) is 2. The first-order valence-corrected chi connectivity index (χ1v) is 13.4. The van der Waals surface area contributed by atoms with Crippen molar-refractivity contribution in [3.63, 3.8) is 0 Å². The van der Waals surface area contributed by atoms with Crippen LogP contribution in [0.4, 0.5) is 4.39 Å². The molecule has 0 spiro atoms. The van der Waals surface area contributed by atoms with Crippen LogP contribution >= 0.6 is 11.6 Å². The number of nitrogens with two attached hydrogens (primary N) is 1. The quantitative estimate of drug-likeness (QED) is 0.399. The number of hydrogen-bond donors (Lipinski definition) is 1. The summed E-state index contributed by atoms with van der Waals surface area (Å²) >= 11 is 6.23. The molecule has 0 unspecified atom stereocenters. The van der Waals surface area contributed by atoms with Crippen LogP contribution in [-0.4, -0.2) is 40.6 Å². The zero-order valence-corrected chi connectivity index (χ0v) is 22.1. The number of esters is 1. The second-order valence-electron chi connectivity index (χ2n) is 10.3. The highest BCUT2D eigenvalue weighted by Gasteiger charge is 2.52. The molecule has 0 radical (unpaired) electrons. The number of primary amides is 1. The first-order chi connectivity index (χ1) is 18.3. The minimum absolute atomic E-state index is 0.0667. The fraction of sp³-hybridized carbons (Fsp3) is 0.414. The maximum Gasteiger partial charge on any atom is 0.345 e. The Kier molecular flexibility index (Phi) is 7.29. The lowest BCUT2D eigenvalue weighted by molar-refractivity contribution is -0.145. The first kappa shape index (κ1) is 26.4. The molecule has 38 heavy (non-hydrogen) atoms. The number of amides is 1. The number of carbonyl (C=O) groups excluding carboxylic acids is 2. The number of hydrogen-bond acceptors (Lipinski definition) is 6. The van der Waals surface area contributed by atoms with Gasteiger partial charge in [0.25, 0.3) is 5.91 Å². The molecule has 5 rings (SSSR count). The summed E-state index contributed by atoms with van der Waals surface area (Å²) in [6.07, 6.45) is 5.18. The van der Waals surface area contributed by atoms with Gasteiger partial charge in [0.1, 0.15) is 22.8 Å². The molecule has 2 aliphatic rings. The van der Waals surface area contributed by atoms with Gasteiger partial charge in [-0.2, -0.15) is 0 Å². The van der Waals surface area contributed by atoms with Crippen molar-refractivity contribution in [2.75, 3.05) is 13.1 Å². The van der Waals surface area contributed by atoms with Gasteiger partial charge < -0.3 is 15.0 Å². The van der Waals surface area contributed by atoms with Crippen LogP contribution in [0.15, 0.2) is 53.1 Å². The summed E-state index contributed by atoms with van der Waals surface area (Å²) in [6, 6.07) is 14.5. The Bertz CT molecular complexity index is 1310. The Labute approximate surface area is 226 Å². The van der Waals surface area contributed by atoms with Gasteiger partial charge in [0.2, 0.25) is 0 Å². The Morgan fingerprint density at radius 2 is 1.71 bits per heavy atom. The summed E-state index contributed by atoms with van der Waals surface area (Å²) in [7, 11) is 0. The molecule has 2 fully saturated rings. The molecule has 1 saturated carbocycles. The largest absolute Gasteiger partial charge is 0.445 e. The molecule has 1 aromatic heterocycles. The van der Waals surface area contributed by atoms with Crippen molar-refractivity contribution in [2.24, 2.45) is 5.73 Å². The second-order valence-corrected chi connectivity index (χ2v) is 10.7. The van der Waals surface area contributed by atoms with Gasteiger partial charge in [-0.3, -0.25) is 9.69 Å². The number of likely N-dealkylation sites (tertiary alicyclic amines) is 1. The Morgan fingerprint density at radius 3 is 2.34 bits per heavy atom. The number of carbonyl (C=O) groups is 2. The number of rotatable bonds is 6. The maximum atomic E-state index is 14.7. The molecule has 7 nitrogen and oxygen atoms in total. The summed E-state index contributed by atoms with van der Waals surface area (Å²) in [6.45, 7) is 3.48. The lowest BCUT2D eigenvalue weighted by Gasteiger charge is -2.51. The van der Waals surface area contributed by atoms with E-state index in [-0.39, 0.29) is 46.0 Å². The van der Waals surface area contributed by atoms with Crippen molar-refractivity contribution in [1.82, 2.24) is 10.1 Å². The Hall–Kier alpha value is -3.23. The van der Waals surface area contributed by atoms with Crippen LogP contribution in [0.3, 0.4) is 0 Å². The summed E-state index contributed by atoms with van der Waals surface area (Å²) in [5, 5.41) is 3.96. The van der Waals surface area contributed by atoms with Gasteiger partial charge in [0, 0.05) is 5.54 Å². The van der Waals surface area contributed by atoms with Crippen molar-refractivity contribution in [1.29, 1.82) is 0 Å². The van der Waals surface area contributed by atoms with E-state index < -0.39 is 23.3 Å². The zero-order chi connectivity index (χ0) is 26.9. The van der Waals surface area contributed by atoms with Crippen LogP contribution in [-0.2, 0) is 15.1 Å². The zero-order valence-electron chi connectivity index (χ0n) is 21.3. The predicted octanol–water partition coefficient (Wildman–Crippen LogP) is 5.78. The standard InChI is InChI=1S/C29H31ClFN3O4/c1-19-23(25(33-38-19)24-21(30)11-8-12-22(24)31)26(35)37-29(27(32)36)15-13-28(14-16-29,20-9-4-2-5-10-20)34-17-6-3-7-18-34/h2,4-5,8-12H,3,6-7,13-18H2,1H3,(H2,32,36). The molecule has 2 N–H and O–H groups in total. The topological polar surface area (TPSA) is 98.7 Å². The SMILES string of the molecule is Cc1onc(-c2c(F)cccc2Cl)c1C(=O)OC1(C(N)=O)CCC(c2ccccc2)(N2CCCCC2)CC1. The van der Waals surface area contributed by atoms with Crippen LogP contribution in [0.2, 0.25) is 5.02 Å². The van der Waals surface area contributed by atoms with Crippen molar-refractivity contribution in [3.8, 4) is 11.3 Å². The Morgan fingerprint density at radius 1 is 1.03 bits per heavy atom. The van der Waals surface area contributed by atoms with E-state index in [0.29, 0.717) is 12.8 Å². The van der Waals surface area contributed by atoms with Crippen LogP contribution in [0.5, 0.6) is 0 Å². The van der Waals surface area contributed by atoms with E-state index in [2.05, 4.69) is 22.2 Å². The summed E-state index contributed by atoms with van der Waals surface area (Å²) in [5.74, 6) is -2.07. The van der Waals surface area contributed by atoms with Crippen LogP contribution < -0.4 is 5.73 Å². The molecule has 200 valence electrons. The van der Waals surface area contributed by atoms with E-state index in [0.717, 1.165) is 25.9 Å². The number of aryl methyl sites for hydroxylation is 1. The maximum absolute atomic E-state index is 14.7. The smallest absolute Gasteiger partial charge is 0.345 e. The van der Waals surface area contributed by atoms with Gasteiger partial charge in [-0.25, -0.2) is 9.18 Å². The molecule has 1 amide bonds. The molecule has 2 aromatic carbocycles.